The van der Waals surface area contributed by atoms with Crippen molar-refractivity contribution in [1.29, 1.82) is 0 Å². The number of benzene rings is 2. The second-order valence-corrected chi connectivity index (χ2v) is 11.0. The summed E-state index contributed by atoms with van der Waals surface area (Å²) in [5.41, 5.74) is 0.946. The third-order valence-electron chi connectivity index (χ3n) is 5.04. The summed E-state index contributed by atoms with van der Waals surface area (Å²) in [6.45, 7) is 2.40. The molecule has 1 aliphatic heterocycles. The van der Waals surface area contributed by atoms with E-state index in [1.54, 1.807) is 41.3 Å². The summed E-state index contributed by atoms with van der Waals surface area (Å²) in [6, 6.07) is 13.3. The molecule has 0 spiro atoms. The summed E-state index contributed by atoms with van der Waals surface area (Å²) in [6.07, 6.45) is 0.677. The van der Waals surface area contributed by atoms with Crippen molar-refractivity contribution >= 4 is 50.1 Å². The minimum Gasteiger partial charge on any atom is -0.495 e. The molecule has 1 saturated heterocycles. The number of aliphatic imine (C=N–C) groups is 1. The smallest absolute Gasteiger partial charge is 0.242 e. The number of methoxy groups -OCH3 is 1. The maximum Gasteiger partial charge on any atom is 0.242 e. The molecule has 1 aliphatic rings. The van der Waals surface area contributed by atoms with Gasteiger partial charge in [0.25, 0.3) is 0 Å². The Morgan fingerprint density at radius 1 is 1.21 bits per heavy atom. The third kappa shape index (κ3) is 5.78. The SMILES string of the molecule is CCCN1C(=O)C(CC(=O)Nc2ccccc2OC)SC1=Nc1cccc(S(=O)(=O)N(C)C)c1. The van der Waals surface area contributed by atoms with E-state index in [-0.39, 0.29) is 23.1 Å². The van der Waals surface area contributed by atoms with E-state index in [9.17, 15) is 18.0 Å². The van der Waals surface area contributed by atoms with Crippen LogP contribution in [-0.2, 0) is 19.6 Å². The monoisotopic (exact) mass is 504 g/mol. The Labute approximate surface area is 204 Å². The van der Waals surface area contributed by atoms with Crippen molar-refractivity contribution in [2.45, 2.75) is 29.9 Å². The van der Waals surface area contributed by atoms with E-state index in [1.807, 2.05) is 6.92 Å². The zero-order valence-corrected chi connectivity index (χ0v) is 21.1. The summed E-state index contributed by atoms with van der Waals surface area (Å²) in [5, 5.41) is 2.61. The Balaban J connectivity index is 1.81. The fourth-order valence-corrected chi connectivity index (χ4v) is 5.43. The molecular weight excluding hydrogens is 476 g/mol. The van der Waals surface area contributed by atoms with Crippen LogP contribution in [0.15, 0.2) is 58.4 Å². The summed E-state index contributed by atoms with van der Waals surface area (Å²) in [7, 11) is 0.826. The molecule has 0 radical (unpaired) electrons. The molecule has 1 unspecified atom stereocenters. The zero-order valence-electron chi connectivity index (χ0n) is 19.5. The molecule has 9 nitrogen and oxygen atoms in total. The first-order chi connectivity index (χ1) is 16.2. The standard InChI is InChI=1S/C23H28N4O5S2/c1-5-13-27-22(29)20(15-21(28)25-18-11-6-7-12-19(18)32-4)33-23(27)24-16-9-8-10-17(14-16)34(30,31)26(2)3/h6-12,14,20H,5,13,15H2,1-4H3,(H,25,28). The van der Waals surface area contributed by atoms with Crippen molar-refractivity contribution in [3.05, 3.63) is 48.5 Å². The quantitative estimate of drug-likeness (QED) is 0.561. The lowest BCUT2D eigenvalue weighted by Crippen LogP contribution is -2.34. The highest BCUT2D eigenvalue weighted by Crippen LogP contribution is 2.33. The van der Waals surface area contributed by atoms with Gasteiger partial charge in [0.05, 0.1) is 23.4 Å². The van der Waals surface area contributed by atoms with Crippen LogP contribution in [-0.4, -0.2) is 67.6 Å². The van der Waals surface area contributed by atoms with Gasteiger partial charge in [-0.05, 0) is 36.8 Å². The first-order valence-corrected chi connectivity index (χ1v) is 13.0. The number of para-hydroxylation sites is 2. The second-order valence-electron chi connectivity index (χ2n) is 7.73. The molecule has 1 heterocycles. The van der Waals surface area contributed by atoms with Crippen molar-refractivity contribution < 1.29 is 22.7 Å². The van der Waals surface area contributed by atoms with Gasteiger partial charge in [-0.15, -0.1) is 0 Å². The van der Waals surface area contributed by atoms with Gasteiger partial charge in [-0.25, -0.2) is 17.7 Å². The lowest BCUT2D eigenvalue weighted by atomic mass is 10.2. The number of ether oxygens (including phenoxy) is 1. The fraction of sp³-hybridized carbons (Fsp3) is 0.348. The summed E-state index contributed by atoms with van der Waals surface area (Å²) in [4.78, 5) is 31.9. The van der Waals surface area contributed by atoms with Gasteiger partial charge in [0, 0.05) is 27.1 Å². The summed E-state index contributed by atoms with van der Waals surface area (Å²) < 4.78 is 31.3. The first-order valence-electron chi connectivity index (χ1n) is 10.7. The number of amidine groups is 1. The fourth-order valence-electron chi connectivity index (χ4n) is 3.31. The molecule has 2 aromatic rings. The summed E-state index contributed by atoms with van der Waals surface area (Å²) >= 11 is 1.20. The van der Waals surface area contributed by atoms with E-state index in [0.717, 1.165) is 4.31 Å². The number of carbonyl (C=O) groups excluding carboxylic acids is 2. The molecule has 0 bridgehead atoms. The number of rotatable bonds is 9. The summed E-state index contributed by atoms with van der Waals surface area (Å²) in [5.74, 6) is 0.0219. The van der Waals surface area contributed by atoms with Crippen LogP contribution in [0.1, 0.15) is 19.8 Å². The van der Waals surface area contributed by atoms with E-state index in [1.165, 1.54) is 45.1 Å². The van der Waals surface area contributed by atoms with Crippen LogP contribution in [0.4, 0.5) is 11.4 Å². The van der Waals surface area contributed by atoms with E-state index in [2.05, 4.69) is 10.3 Å². The lowest BCUT2D eigenvalue weighted by molar-refractivity contribution is -0.128. The average molecular weight is 505 g/mol. The highest BCUT2D eigenvalue weighted by atomic mass is 32.2. The van der Waals surface area contributed by atoms with Gasteiger partial charge in [-0.1, -0.05) is 36.9 Å². The topological polar surface area (TPSA) is 108 Å². The van der Waals surface area contributed by atoms with Crippen LogP contribution in [0.5, 0.6) is 5.75 Å². The normalized spacial score (nSPS) is 17.4. The first kappa shape index (κ1) is 25.7. The van der Waals surface area contributed by atoms with Crippen LogP contribution >= 0.6 is 11.8 Å². The van der Waals surface area contributed by atoms with Crippen LogP contribution in [0.2, 0.25) is 0 Å². The number of hydrogen-bond donors (Lipinski definition) is 1. The molecule has 3 rings (SSSR count). The van der Waals surface area contributed by atoms with Crippen LogP contribution in [0.3, 0.4) is 0 Å². The molecule has 1 atom stereocenters. The molecule has 34 heavy (non-hydrogen) atoms. The van der Waals surface area contributed by atoms with Crippen molar-refractivity contribution in [2.75, 3.05) is 33.1 Å². The highest BCUT2D eigenvalue weighted by Gasteiger charge is 2.38. The number of carbonyl (C=O) groups is 2. The molecule has 11 heteroatoms. The number of hydrogen-bond acceptors (Lipinski definition) is 7. The van der Waals surface area contributed by atoms with E-state index in [4.69, 9.17) is 4.74 Å². The van der Waals surface area contributed by atoms with Crippen molar-refractivity contribution in [3.63, 3.8) is 0 Å². The predicted molar refractivity (Wildman–Crippen MR) is 134 cm³/mol. The van der Waals surface area contributed by atoms with E-state index < -0.39 is 15.3 Å². The van der Waals surface area contributed by atoms with Crippen molar-refractivity contribution in [2.24, 2.45) is 4.99 Å². The molecule has 182 valence electrons. The Morgan fingerprint density at radius 2 is 1.94 bits per heavy atom. The Morgan fingerprint density at radius 3 is 2.62 bits per heavy atom. The largest absolute Gasteiger partial charge is 0.495 e. The minimum atomic E-state index is -3.62. The predicted octanol–water partition coefficient (Wildman–Crippen LogP) is 3.32. The number of sulfonamides is 1. The van der Waals surface area contributed by atoms with Gasteiger partial charge in [0.1, 0.15) is 11.0 Å². The molecule has 2 aromatic carbocycles. The number of anilines is 1. The van der Waals surface area contributed by atoms with Crippen LogP contribution in [0.25, 0.3) is 0 Å². The van der Waals surface area contributed by atoms with Crippen LogP contribution in [0, 0.1) is 0 Å². The molecular formula is C23H28N4O5S2. The van der Waals surface area contributed by atoms with Crippen LogP contribution < -0.4 is 10.1 Å². The molecule has 0 aromatic heterocycles. The number of nitrogens with zero attached hydrogens (tertiary/aromatic N) is 3. The van der Waals surface area contributed by atoms with Crippen molar-refractivity contribution in [1.82, 2.24) is 9.21 Å². The maximum atomic E-state index is 13.0. The van der Waals surface area contributed by atoms with Gasteiger partial charge in [-0.2, -0.15) is 0 Å². The molecule has 0 saturated carbocycles. The third-order valence-corrected chi connectivity index (χ3v) is 8.03. The molecule has 0 aliphatic carbocycles. The van der Waals surface area contributed by atoms with Gasteiger partial charge < -0.3 is 10.1 Å². The Kier molecular flexibility index (Phi) is 8.34. The molecule has 2 amide bonds. The second kappa shape index (κ2) is 11.0. The van der Waals surface area contributed by atoms with E-state index >= 15 is 0 Å². The van der Waals surface area contributed by atoms with E-state index in [0.29, 0.717) is 35.3 Å². The molecule has 1 N–H and O–H groups in total. The highest BCUT2D eigenvalue weighted by molar-refractivity contribution is 8.15. The zero-order chi connectivity index (χ0) is 24.9. The van der Waals surface area contributed by atoms with Gasteiger partial charge >= 0.3 is 0 Å². The maximum absolute atomic E-state index is 13.0. The van der Waals surface area contributed by atoms with Crippen molar-refractivity contribution in [3.8, 4) is 5.75 Å². The lowest BCUT2D eigenvalue weighted by Gasteiger charge is -2.15. The minimum absolute atomic E-state index is 0.0319. The van der Waals surface area contributed by atoms with Gasteiger partial charge in [0.15, 0.2) is 5.17 Å². The molecule has 1 fully saturated rings. The Bertz CT molecular complexity index is 1200. The van der Waals surface area contributed by atoms with Gasteiger partial charge in [0.2, 0.25) is 21.8 Å². The number of nitrogens with one attached hydrogen (secondary N) is 1. The van der Waals surface area contributed by atoms with Gasteiger partial charge in [-0.3, -0.25) is 14.5 Å². The number of thioether (sulfide) groups is 1. The Hall–Kier alpha value is -2.89. The number of amides is 2. The average Bonchev–Trinajstić information content (AvgIpc) is 3.08.